The summed E-state index contributed by atoms with van der Waals surface area (Å²) >= 11 is 0. The molecule has 1 aromatic heterocycles. The third-order valence-electron chi connectivity index (χ3n) is 4.64. The number of H-pyrrole nitrogens is 1. The molecular weight excluding hydrogens is 403 g/mol. The first-order valence-electron chi connectivity index (χ1n) is 9.69. The standard InChI is InChI=1S/C22H23FN4O4/c1-30-18-8-6-14(12-19(18)31-2)10-11-24-20(28)9-7-17-22(29)25-21(27-26-17)15-4-3-5-16(23)13-15/h3-6,8,12-13H,7,9-11H2,1-2H3,(H,24,28)(H,25,27,29). The van der Waals surface area contributed by atoms with Gasteiger partial charge in [0.15, 0.2) is 17.3 Å². The van der Waals surface area contributed by atoms with Crippen molar-refractivity contribution in [3.8, 4) is 22.9 Å². The van der Waals surface area contributed by atoms with E-state index in [0.717, 1.165) is 5.56 Å². The Hall–Kier alpha value is -3.75. The Morgan fingerprint density at radius 3 is 2.58 bits per heavy atom. The number of halogens is 1. The number of aromatic amines is 1. The second-order valence-corrected chi connectivity index (χ2v) is 6.75. The van der Waals surface area contributed by atoms with E-state index in [1.54, 1.807) is 20.3 Å². The van der Waals surface area contributed by atoms with Crippen LogP contribution in [0, 0.1) is 5.82 Å². The normalized spacial score (nSPS) is 10.5. The number of aryl methyl sites for hydroxylation is 1. The molecule has 0 fully saturated rings. The summed E-state index contributed by atoms with van der Waals surface area (Å²) in [5, 5.41) is 10.6. The molecular formula is C22H23FN4O4. The van der Waals surface area contributed by atoms with Crippen LogP contribution in [0.2, 0.25) is 0 Å². The van der Waals surface area contributed by atoms with E-state index in [-0.39, 0.29) is 30.3 Å². The number of amides is 1. The minimum absolute atomic E-state index is 0.100. The Morgan fingerprint density at radius 1 is 1.06 bits per heavy atom. The fourth-order valence-electron chi connectivity index (χ4n) is 2.99. The van der Waals surface area contributed by atoms with Crippen molar-refractivity contribution < 1.29 is 18.7 Å². The number of hydrogen-bond acceptors (Lipinski definition) is 6. The lowest BCUT2D eigenvalue weighted by molar-refractivity contribution is -0.121. The van der Waals surface area contributed by atoms with E-state index in [4.69, 9.17) is 9.47 Å². The van der Waals surface area contributed by atoms with Gasteiger partial charge in [0, 0.05) is 24.9 Å². The summed E-state index contributed by atoms with van der Waals surface area (Å²) in [5.41, 5.74) is 1.11. The molecule has 3 rings (SSSR count). The highest BCUT2D eigenvalue weighted by Gasteiger charge is 2.10. The molecule has 2 N–H and O–H groups in total. The van der Waals surface area contributed by atoms with E-state index in [2.05, 4.69) is 20.5 Å². The van der Waals surface area contributed by atoms with Gasteiger partial charge in [-0.15, -0.1) is 10.2 Å². The largest absolute Gasteiger partial charge is 0.493 e. The summed E-state index contributed by atoms with van der Waals surface area (Å²) in [6.07, 6.45) is 0.867. The summed E-state index contributed by atoms with van der Waals surface area (Å²) in [5.74, 6) is 0.813. The molecule has 0 saturated carbocycles. The maximum Gasteiger partial charge on any atom is 0.273 e. The molecule has 31 heavy (non-hydrogen) atoms. The number of methoxy groups -OCH3 is 2. The van der Waals surface area contributed by atoms with Crippen LogP contribution in [0.5, 0.6) is 11.5 Å². The molecule has 1 heterocycles. The van der Waals surface area contributed by atoms with Crippen molar-refractivity contribution in [3.63, 3.8) is 0 Å². The summed E-state index contributed by atoms with van der Waals surface area (Å²) < 4.78 is 23.8. The van der Waals surface area contributed by atoms with Crippen LogP contribution >= 0.6 is 0 Å². The Bertz CT molecular complexity index is 1120. The summed E-state index contributed by atoms with van der Waals surface area (Å²) in [7, 11) is 3.14. The van der Waals surface area contributed by atoms with Crippen molar-refractivity contribution in [3.05, 3.63) is 69.9 Å². The van der Waals surface area contributed by atoms with Crippen molar-refractivity contribution >= 4 is 5.91 Å². The Labute approximate surface area is 178 Å². The molecule has 8 nitrogen and oxygen atoms in total. The van der Waals surface area contributed by atoms with Gasteiger partial charge in [0.2, 0.25) is 5.91 Å². The number of hydrogen-bond donors (Lipinski definition) is 2. The minimum atomic E-state index is -0.451. The molecule has 0 atom stereocenters. The molecule has 162 valence electrons. The van der Waals surface area contributed by atoms with Gasteiger partial charge >= 0.3 is 0 Å². The van der Waals surface area contributed by atoms with Crippen LogP contribution in [0.1, 0.15) is 17.7 Å². The highest BCUT2D eigenvalue weighted by Crippen LogP contribution is 2.27. The van der Waals surface area contributed by atoms with Crippen molar-refractivity contribution in [1.82, 2.24) is 20.5 Å². The zero-order valence-corrected chi connectivity index (χ0v) is 17.3. The van der Waals surface area contributed by atoms with Crippen LogP contribution in [-0.4, -0.2) is 41.9 Å². The Balaban J connectivity index is 1.50. The van der Waals surface area contributed by atoms with Crippen LogP contribution in [-0.2, 0) is 17.6 Å². The molecule has 0 aliphatic rings. The Kier molecular flexibility index (Phi) is 7.31. The monoisotopic (exact) mass is 426 g/mol. The van der Waals surface area contributed by atoms with E-state index in [9.17, 15) is 14.0 Å². The zero-order valence-electron chi connectivity index (χ0n) is 17.3. The quantitative estimate of drug-likeness (QED) is 0.544. The van der Waals surface area contributed by atoms with Gasteiger partial charge in [-0.2, -0.15) is 0 Å². The number of carbonyl (C=O) groups excluding carboxylic acids is 1. The van der Waals surface area contributed by atoms with Gasteiger partial charge in [0.25, 0.3) is 5.56 Å². The summed E-state index contributed by atoms with van der Waals surface area (Å²) in [6.45, 7) is 0.439. The molecule has 1 amide bonds. The first-order chi connectivity index (χ1) is 15.0. The summed E-state index contributed by atoms with van der Waals surface area (Å²) in [4.78, 5) is 26.9. The second kappa shape index (κ2) is 10.3. The number of rotatable bonds is 9. The molecule has 0 radical (unpaired) electrons. The predicted octanol–water partition coefficient (Wildman–Crippen LogP) is 2.28. The molecule has 2 aromatic carbocycles. The van der Waals surface area contributed by atoms with Gasteiger partial charge in [0.05, 0.1) is 14.2 Å². The van der Waals surface area contributed by atoms with Gasteiger partial charge in [-0.1, -0.05) is 18.2 Å². The molecule has 3 aromatic rings. The molecule has 0 saturated heterocycles. The number of benzene rings is 2. The first-order valence-corrected chi connectivity index (χ1v) is 9.69. The van der Waals surface area contributed by atoms with Crippen molar-refractivity contribution in [1.29, 1.82) is 0 Å². The van der Waals surface area contributed by atoms with Gasteiger partial charge in [-0.25, -0.2) is 4.39 Å². The first kappa shape index (κ1) is 21.9. The third kappa shape index (κ3) is 5.88. The van der Waals surface area contributed by atoms with Crippen molar-refractivity contribution in [2.75, 3.05) is 20.8 Å². The lowest BCUT2D eigenvalue weighted by Crippen LogP contribution is -2.27. The SMILES string of the molecule is COc1ccc(CCNC(=O)CCc2nnc(-c3cccc(F)c3)[nH]c2=O)cc1OC. The Morgan fingerprint density at radius 2 is 1.87 bits per heavy atom. The maximum atomic E-state index is 13.3. The maximum absolute atomic E-state index is 13.3. The molecule has 0 aliphatic heterocycles. The van der Waals surface area contributed by atoms with Crippen LogP contribution in [0.4, 0.5) is 4.39 Å². The average Bonchev–Trinajstić information content (AvgIpc) is 2.78. The number of nitrogens with one attached hydrogen (secondary N) is 2. The average molecular weight is 426 g/mol. The lowest BCUT2D eigenvalue weighted by Gasteiger charge is -2.10. The second-order valence-electron chi connectivity index (χ2n) is 6.75. The number of carbonyl (C=O) groups is 1. The van der Waals surface area contributed by atoms with Gasteiger partial charge in [0.1, 0.15) is 11.5 Å². The highest BCUT2D eigenvalue weighted by atomic mass is 19.1. The number of aromatic nitrogens is 3. The fourth-order valence-corrected chi connectivity index (χ4v) is 2.99. The smallest absolute Gasteiger partial charge is 0.273 e. The van der Waals surface area contributed by atoms with E-state index in [1.165, 1.54) is 18.2 Å². The zero-order chi connectivity index (χ0) is 22.2. The molecule has 0 spiro atoms. The highest BCUT2D eigenvalue weighted by molar-refractivity contribution is 5.76. The summed E-state index contributed by atoms with van der Waals surface area (Å²) in [6, 6.07) is 11.3. The lowest BCUT2D eigenvalue weighted by atomic mass is 10.1. The van der Waals surface area contributed by atoms with Gasteiger partial charge in [-0.3, -0.25) is 9.59 Å². The topological polar surface area (TPSA) is 106 Å². The van der Waals surface area contributed by atoms with Gasteiger partial charge in [-0.05, 0) is 36.2 Å². The van der Waals surface area contributed by atoms with Crippen LogP contribution in [0.3, 0.4) is 0 Å². The third-order valence-corrected chi connectivity index (χ3v) is 4.64. The predicted molar refractivity (Wildman–Crippen MR) is 113 cm³/mol. The van der Waals surface area contributed by atoms with Crippen LogP contribution in [0.25, 0.3) is 11.4 Å². The number of nitrogens with zero attached hydrogens (tertiary/aromatic N) is 2. The molecule has 0 unspecified atom stereocenters. The van der Waals surface area contributed by atoms with Crippen molar-refractivity contribution in [2.24, 2.45) is 0 Å². The van der Waals surface area contributed by atoms with E-state index < -0.39 is 11.4 Å². The van der Waals surface area contributed by atoms with Crippen molar-refractivity contribution in [2.45, 2.75) is 19.3 Å². The van der Waals surface area contributed by atoms with Crippen LogP contribution in [0.15, 0.2) is 47.3 Å². The van der Waals surface area contributed by atoms with Gasteiger partial charge < -0.3 is 19.8 Å². The minimum Gasteiger partial charge on any atom is -0.493 e. The number of ether oxygens (including phenoxy) is 2. The molecule has 9 heteroatoms. The van der Waals surface area contributed by atoms with E-state index in [0.29, 0.717) is 30.0 Å². The van der Waals surface area contributed by atoms with Crippen LogP contribution < -0.4 is 20.3 Å². The molecule has 0 bridgehead atoms. The fraction of sp³-hybridized carbons (Fsp3) is 0.273. The molecule has 0 aliphatic carbocycles. The van der Waals surface area contributed by atoms with E-state index in [1.807, 2.05) is 18.2 Å². The van der Waals surface area contributed by atoms with E-state index >= 15 is 0 Å².